The molecule has 4 N–H and O–H groups in total. The number of carbonyl (C=O) groups is 1. The van der Waals surface area contributed by atoms with Crippen LogP contribution in [-0.4, -0.2) is 21.0 Å². The molecule has 0 saturated carbocycles. The molecular weight excluding hydrogens is 242 g/mol. The van der Waals surface area contributed by atoms with Crippen LogP contribution in [0.25, 0.3) is 11.4 Å². The summed E-state index contributed by atoms with van der Waals surface area (Å²) in [5, 5.41) is 9.46. The quantitative estimate of drug-likeness (QED) is 0.777. The minimum Gasteiger partial charge on any atom is -0.476 e. The molecule has 2 rings (SSSR count). The number of carboxylic acid groups (broad SMARTS) is 1. The van der Waals surface area contributed by atoms with Crippen molar-refractivity contribution in [3.05, 3.63) is 40.7 Å². The molecule has 88 valence electrons. The second-order valence-electron chi connectivity index (χ2n) is 3.40. The van der Waals surface area contributed by atoms with Gasteiger partial charge in [0.1, 0.15) is 5.82 Å². The van der Waals surface area contributed by atoms with Gasteiger partial charge in [0.2, 0.25) is 0 Å². The average molecular weight is 252 g/mol. The number of aromatic carboxylic acids is 1. The van der Waals surface area contributed by atoms with E-state index in [0.717, 1.165) is 0 Å². The molecule has 0 unspecified atom stereocenters. The molecule has 0 radical (unpaired) electrons. The highest BCUT2D eigenvalue weighted by atomic mass is 35.5. The molecule has 6 heteroatoms. The first-order chi connectivity index (χ1) is 8.13. The maximum atomic E-state index is 10.9. The number of benzene rings is 1. The van der Waals surface area contributed by atoms with E-state index < -0.39 is 5.97 Å². The molecule has 0 amide bonds. The van der Waals surface area contributed by atoms with E-state index in [2.05, 4.69) is 9.97 Å². The van der Waals surface area contributed by atoms with E-state index in [4.69, 9.17) is 22.4 Å². The first kappa shape index (κ1) is 11.6. The predicted octanol–water partition coefficient (Wildman–Crippen LogP) is 1.89. The smallest absolute Gasteiger partial charge is 0.356 e. The fourth-order valence-corrected chi connectivity index (χ4v) is 1.74. The Morgan fingerprint density at radius 3 is 2.71 bits per heavy atom. The van der Waals surface area contributed by atoms with E-state index in [1.54, 1.807) is 24.3 Å². The highest BCUT2D eigenvalue weighted by molar-refractivity contribution is 6.33. The number of aromatic amines is 1. The molecule has 1 aromatic carbocycles. The van der Waals surface area contributed by atoms with Crippen molar-refractivity contribution in [2.75, 3.05) is 0 Å². The average Bonchev–Trinajstić information content (AvgIpc) is 2.73. The van der Waals surface area contributed by atoms with Crippen LogP contribution < -0.4 is 5.73 Å². The Bertz CT molecular complexity index is 566. The first-order valence-corrected chi connectivity index (χ1v) is 5.28. The van der Waals surface area contributed by atoms with E-state index in [9.17, 15) is 4.79 Å². The number of halogens is 1. The van der Waals surface area contributed by atoms with Crippen molar-refractivity contribution >= 4 is 17.6 Å². The van der Waals surface area contributed by atoms with Crippen molar-refractivity contribution < 1.29 is 9.90 Å². The van der Waals surface area contributed by atoms with E-state index >= 15 is 0 Å². The molecule has 5 nitrogen and oxygen atoms in total. The number of H-pyrrole nitrogens is 1. The largest absolute Gasteiger partial charge is 0.476 e. The Morgan fingerprint density at radius 1 is 1.47 bits per heavy atom. The monoisotopic (exact) mass is 251 g/mol. The molecule has 1 aromatic heterocycles. The number of aromatic nitrogens is 2. The van der Waals surface area contributed by atoms with E-state index in [1.165, 1.54) is 0 Å². The number of nitrogens with two attached hydrogens (primary N) is 1. The summed E-state index contributed by atoms with van der Waals surface area (Å²) in [6.07, 6.45) is 0. The molecule has 0 aliphatic heterocycles. The second-order valence-corrected chi connectivity index (χ2v) is 3.81. The van der Waals surface area contributed by atoms with Crippen LogP contribution in [-0.2, 0) is 6.54 Å². The van der Waals surface area contributed by atoms with Gasteiger partial charge in [-0.2, -0.15) is 0 Å². The van der Waals surface area contributed by atoms with Gasteiger partial charge in [0.25, 0.3) is 0 Å². The van der Waals surface area contributed by atoms with Crippen LogP contribution in [0.15, 0.2) is 24.3 Å². The summed E-state index contributed by atoms with van der Waals surface area (Å²) < 4.78 is 0. The summed E-state index contributed by atoms with van der Waals surface area (Å²) in [6, 6.07) is 7.05. The number of nitrogens with one attached hydrogen (secondary N) is 1. The van der Waals surface area contributed by atoms with Gasteiger partial charge in [-0.3, -0.25) is 0 Å². The first-order valence-electron chi connectivity index (χ1n) is 4.90. The third-order valence-electron chi connectivity index (χ3n) is 2.31. The van der Waals surface area contributed by atoms with Gasteiger partial charge >= 0.3 is 5.97 Å². The van der Waals surface area contributed by atoms with E-state index in [0.29, 0.717) is 22.1 Å². The highest BCUT2D eigenvalue weighted by Crippen LogP contribution is 2.26. The fourth-order valence-electron chi connectivity index (χ4n) is 1.51. The summed E-state index contributed by atoms with van der Waals surface area (Å²) in [5.74, 6) is -0.701. The van der Waals surface area contributed by atoms with Gasteiger partial charge in [-0.25, -0.2) is 9.78 Å². The zero-order chi connectivity index (χ0) is 12.4. The lowest BCUT2D eigenvalue weighted by Gasteiger charge is -1.98. The van der Waals surface area contributed by atoms with Crippen LogP contribution in [0, 0.1) is 0 Å². The molecule has 2 aromatic rings. The van der Waals surface area contributed by atoms with E-state index in [1.807, 2.05) is 0 Å². The van der Waals surface area contributed by atoms with Crippen LogP contribution in [0.4, 0.5) is 0 Å². The number of nitrogens with zero attached hydrogens (tertiary/aromatic N) is 1. The number of hydrogen-bond acceptors (Lipinski definition) is 3. The Hall–Kier alpha value is -1.85. The molecule has 1 heterocycles. The standard InChI is InChI=1S/C11H10ClN3O2/c12-7-4-2-1-3-6(7)10-14-8(5-13)9(15-10)11(16)17/h1-4H,5,13H2,(H,14,15)(H,16,17). The van der Waals surface area contributed by atoms with Gasteiger partial charge in [-0.05, 0) is 12.1 Å². The van der Waals surface area contributed by atoms with Crippen LogP contribution in [0.5, 0.6) is 0 Å². The summed E-state index contributed by atoms with van der Waals surface area (Å²) in [7, 11) is 0. The predicted molar refractivity (Wildman–Crippen MR) is 63.9 cm³/mol. The van der Waals surface area contributed by atoms with Crippen molar-refractivity contribution in [3.63, 3.8) is 0 Å². The van der Waals surface area contributed by atoms with Gasteiger partial charge in [0, 0.05) is 12.1 Å². The van der Waals surface area contributed by atoms with Crippen LogP contribution in [0.2, 0.25) is 5.02 Å². The van der Waals surface area contributed by atoms with Crippen molar-refractivity contribution in [1.29, 1.82) is 0 Å². The normalized spacial score (nSPS) is 10.5. The molecule has 0 atom stereocenters. The highest BCUT2D eigenvalue weighted by Gasteiger charge is 2.17. The third kappa shape index (κ3) is 2.15. The minimum atomic E-state index is -1.11. The number of rotatable bonds is 3. The number of carboxylic acids is 1. The lowest BCUT2D eigenvalue weighted by Crippen LogP contribution is -2.06. The SMILES string of the molecule is NCc1[nH]c(-c2ccccc2Cl)nc1C(=O)O. The molecule has 0 spiro atoms. The molecule has 17 heavy (non-hydrogen) atoms. The van der Waals surface area contributed by atoms with Crippen molar-refractivity contribution in [1.82, 2.24) is 9.97 Å². The van der Waals surface area contributed by atoms with Crippen LogP contribution in [0.1, 0.15) is 16.2 Å². The molecule has 0 fully saturated rings. The number of hydrogen-bond donors (Lipinski definition) is 3. The van der Waals surface area contributed by atoms with Gasteiger partial charge in [-0.1, -0.05) is 23.7 Å². The maximum Gasteiger partial charge on any atom is 0.356 e. The topological polar surface area (TPSA) is 92.0 Å². The maximum absolute atomic E-state index is 10.9. The van der Waals surface area contributed by atoms with Gasteiger partial charge in [-0.15, -0.1) is 0 Å². The third-order valence-corrected chi connectivity index (χ3v) is 2.64. The lowest BCUT2D eigenvalue weighted by molar-refractivity contribution is 0.0690. The summed E-state index contributed by atoms with van der Waals surface area (Å²) in [4.78, 5) is 17.8. The van der Waals surface area contributed by atoms with Gasteiger partial charge in [0.05, 0.1) is 10.7 Å². The Morgan fingerprint density at radius 2 is 2.18 bits per heavy atom. The Labute approximate surface area is 102 Å². The van der Waals surface area contributed by atoms with Crippen LogP contribution >= 0.6 is 11.6 Å². The lowest BCUT2D eigenvalue weighted by atomic mass is 10.2. The number of imidazole rings is 1. The molecule has 0 aliphatic rings. The van der Waals surface area contributed by atoms with Gasteiger partial charge < -0.3 is 15.8 Å². The molecule has 0 saturated heterocycles. The zero-order valence-electron chi connectivity index (χ0n) is 8.77. The molecule has 0 bridgehead atoms. The molecular formula is C11H10ClN3O2. The Kier molecular flexibility index (Phi) is 3.12. The van der Waals surface area contributed by atoms with E-state index in [-0.39, 0.29) is 12.2 Å². The summed E-state index contributed by atoms with van der Waals surface area (Å²) in [5.41, 5.74) is 6.41. The van der Waals surface area contributed by atoms with Crippen LogP contribution in [0.3, 0.4) is 0 Å². The summed E-state index contributed by atoms with van der Waals surface area (Å²) >= 11 is 6.00. The fraction of sp³-hybridized carbons (Fsp3) is 0.0909. The van der Waals surface area contributed by atoms with Gasteiger partial charge in [0.15, 0.2) is 5.69 Å². The van der Waals surface area contributed by atoms with Crippen molar-refractivity contribution in [3.8, 4) is 11.4 Å². The summed E-state index contributed by atoms with van der Waals surface area (Å²) in [6.45, 7) is 0.0824. The molecule has 0 aliphatic carbocycles. The van der Waals surface area contributed by atoms with Crippen molar-refractivity contribution in [2.45, 2.75) is 6.54 Å². The Balaban J connectivity index is 2.54. The second kappa shape index (κ2) is 4.57. The minimum absolute atomic E-state index is 0.0672. The zero-order valence-corrected chi connectivity index (χ0v) is 9.53. The van der Waals surface area contributed by atoms with Crippen molar-refractivity contribution in [2.24, 2.45) is 5.73 Å².